The van der Waals surface area contributed by atoms with Gasteiger partial charge in [0.15, 0.2) is 6.10 Å². The molecular weight excluding hydrogens is 781 g/mol. The highest BCUT2D eigenvalue weighted by Crippen LogP contribution is 2.13. The van der Waals surface area contributed by atoms with Gasteiger partial charge in [0.2, 0.25) is 0 Å². The van der Waals surface area contributed by atoms with Gasteiger partial charge in [-0.05, 0) is 109 Å². The van der Waals surface area contributed by atoms with Crippen molar-refractivity contribution in [3.63, 3.8) is 0 Å². The molecule has 1 unspecified atom stereocenters. The Morgan fingerprint density at radius 2 is 0.635 bits per heavy atom. The predicted molar refractivity (Wildman–Crippen MR) is 270 cm³/mol. The zero-order chi connectivity index (χ0) is 45.8. The molecule has 0 fully saturated rings. The molecule has 0 aliphatic heterocycles. The highest BCUT2D eigenvalue weighted by molar-refractivity contribution is 5.71. The van der Waals surface area contributed by atoms with Gasteiger partial charge in [0, 0.05) is 19.3 Å². The number of rotatable bonds is 46. The number of carbonyl (C=O) groups is 3. The Morgan fingerprint density at radius 3 is 1.08 bits per heavy atom. The van der Waals surface area contributed by atoms with Crippen molar-refractivity contribution in [3.8, 4) is 0 Å². The van der Waals surface area contributed by atoms with Crippen molar-refractivity contribution in [3.05, 3.63) is 85.1 Å². The first kappa shape index (κ1) is 59.6. The molecule has 0 N–H and O–H groups in total. The molecule has 0 saturated carbocycles. The van der Waals surface area contributed by atoms with E-state index in [1.54, 1.807) is 0 Å². The van der Waals surface area contributed by atoms with Crippen LogP contribution in [0.5, 0.6) is 0 Å². The van der Waals surface area contributed by atoms with E-state index < -0.39 is 6.10 Å². The number of carbonyl (C=O) groups excluding carboxylic acids is 3. The normalized spacial score (nSPS) is 12.7. The lowest BCUT2D eigenvalue weighted by Crippen LogP contribution is -2.30. The Bertz CT molecular complexity index is 1240. The van der Waals surface area contributed by atoms with E-state index in [2.05, 4.69) is 106 Å². The van der Waals surface area contributed by atoms with Crippen LogP contribution in [0.3, 0.4) is 0 Å². The zero-order valence-electron chi connectivity index (χ0n) is 41.1. The average Bonchev–Trinajstić information content (AvgIpc) is 3.28. The summed E-state index contributed by atoms with van der Waals surface area (Å²) in [5.74, 6) is -0.984. The summed E-state index contributed by atoms with van der Waals surface area (Å²) in [5, 5.41) is 0. The van der Waals surface area contributed by atoms with Crippen molar-refractivity contribution in [1.82, 2.24) is 0 Å². The fourth-order valence-corrected chi connectivity index (χ4v) is 6.94. The molecular formula is C57H96O6. The predicted octanol–water partition coefficient (Wildman–Crippen LogP) is 17.2. The maximum absolute atomic E-state index is 12.8. The first-order valence-electron chi connectivity index (χ1n) is 26.1. The number of esters is 3. The minimum absolute atomic E-state index is 0.104. The molecule has 0 aliphatic rings. The first-order valence-corrected chi connectivity index (χ1v) is 26.1. The standard InChI is InChI=1S/C57H96O6/c1-4-7-10-13-16-19-22-25-27-28-30-32-35-38-41-44-47-50-56(59)62-53-54(52-61-55(58)49-46-43-40-37-34-31-24-21-18-15-12-9-6-3)63-57(60)51-48-45-42-39-36-33-29-26-23-20-17-14-11-8-5-2/h7,10,16,19-20,23,25,27,30-32,34,38,41,54H,4-6,8-9,11-15,17-18,21-22,24,26,28-29,33,35-37,39-40,42-53H2,1-3H3/b10-7-,19-16-,23-20-,27-25-,32-30-,34-31-,41-38-. The molecule has 0 aromatic heterocycles. The van der Waals surface area contributed by atoms with E-state index in [4.69, 9.17) is 14.2 Å². The monoisotopic (exact) mass is 877 g/mol. The average molecular weight is 877 g/mol. The Morgan fingerprint density at radius 1 is 0.333 bits per heavy atom. The molecule has 6 heteroatoms. The third kappa shape index (κ3) is 49.5. The van der Waals surface area contributed by atoms with E-state index in [0.717, 1.165) is 89.9 Å². The fraction of sp³-hybridized carbons (Fsp3) is 0.702. The maximum Gasteiger partial charge on any atom is 0.306 e. The Balaban J connectivity index is 4.50. The molecule has 0 aliphatic carbocycles. The third-order valence-electron chi connectivity index (χ3n) is 10.9. The summed E-state index contributed by atoms with van der Waals surface area (Å²) in [6, 6.07) is 0. The molecule has 0 bridgehead atoms. The maximum atomic E-state index is 12.8. The van der Waals surface area contributed by atoms with Gasteiger partial charge < -0.3 is 14.2 Å². The molecule has 0 saturated heterocycles. The summed E-state index contributed by atoms with van der Waals surface area (Å²) in [4.78, 5) is 38.0. The first-order chi connectivity index (χ1) is 31.0. The highest BCUT2D eigenvalue weighted by Gasteiger charge is 2.19. The minimum Gasteiger partial charge on any atom is -0.462 e. The molecule has 360 valence electrons. The molecule has 6 nitrogen and oxygen atoms in total. The Labute approximate surface area is 388 Å². The van der Waals surface area contributed by atoms with Gasteiger partial charge in [0.1, 0.15) is 13.2 Å². The van der Waals surface area contributed by atoms with E-state index in [-0.39, 0.29) is 37.5 Å². The quantitative estimate of drug-likeness (QED) is 0.0262. The SMILES string of the molecule is CC/C=C\C/C=C\C/C=C\C/C=C\C/C=C\CCCC(=O)OCC(COC(=O)CCCCC/C=C\CCCCCCCC)OC(=O)CCCCCCCCC/C=C\CCCCCC. The second kappa shape index (κ2) is 51.2. The van der Waals surface area contributed by atoms with Gasteiger partial charge in [0.25, 0.3) is 0 Å². The molecule has 1 atom stereocenters. The Kier molecular flexibility index (Phi) is 48.5. The van der Waals surface area contributed by atoms with E-state index in [9.17, 15) is 14.4 Å². The van der Waals surface area contributed by atoms with Gasteiger partial charge in [-0.2, -0.15) is 0 Å². The van der Waals surface area contributed by atoms with Gasteiger partial charge in [-0.15, -0.1) is 0 Å². The highest BCUT2D eigenvalue weighted by atomic mass is 16.6. The van der Waals surface area contributed by atoms with Gasteiger partial charge >= 0.3 is 17.9 Å². The van der Waals surface area contributed by atoms with Crippen LogP contribution >= 0.6 is 0 Å². The Hall–Kier alpha value is -3.41. The second-order valence-corrected chi connectivity index (χ2v) is 17.0. The van der Waals surface area contributed by atoms with Gasteiger partial charge in [-0.3, -0.25) is 14.4 Å². The van der Waals surface area contributed by atoms with Crippen molar-refractivity contribution in [2.24, 2.45) is 0 Å². The molecule has 0 aromatic rings. The number of unbranched alkanes of at least 4 members (excludes halogenated alkanes) is 21. The van der Waals surface area contributed by atoms with Gasteiger partial charge in [-0.25, -0.2) is 0 Å². The second-order valence-electron chi connectivity index (χ2n) is 17.0. The minimum atomic E-state index is -0.807. The number of allylic oxidation sites excluding steroid dienone is 14. The van der Waals surface area contributed by atoms with Crippen molar-refractivity contribution in [2.75, 3.05) is 13.2 Å². The molecule has 0 amide bonds. The smallest absolute Gasteiger partial charge is 0.306 e. The lowest BCUT2D eigenvalue weighted by atomic mass is 10.1. The van der Waals surface area contributed by atoms with Crippen molar-refractivity contribution < 1.29 is 28.6 Å². The van der Waals surface area contributed by atoms with Gasteiger partial charge in [0.05, 0.1) is 0 Å². The fourth-order valence-electron chi connectivity index (χ4n) is 6.94. The number of hydrogen-bond donors (Lipinski definition) is 0. The van der Waals surface area contributed by atoms with Crippen LogP contribution in [0.1, 0.15) is 239 Å². The molecule has 0 aromatic carbocycles. The van der Waals surface area contributed by atoms with Crippen LogP contribution < -0.4 is 0 Å². The molecule has 63 heavy (non-hydrogen) atoms. The van der Waals surface area contributed by atoms with Crippen LogP contribution in [0.25, 0.3) is 0 Å². The summed E-state index contributed by atoms with van der Waals surface area (Å²) < 4.78 is 16.7. The van der Waals surface area contributed by atoms with E-state index >= 15 is 0 Å². The van der Waals surface area contributed by atoms with E-state index in [0.29, 0.717) is 19.3 Å². The summed E-state index contributed by atoms with van der Waals surface area (Å²) in [6.45, 7) is 6.43. The lowest BCUT2D eigenvalue weighted by Gasteiger charge is -2.18. The molecule has 0 spiro atoms. The van der Waals surface area contributed by atoms with Crippen LogP contribution in [-0.4, -0.2) is 37.2 Å². The third-order valence-corrected chi connectivity index (χ3v) is 10.9. The van der Waals surface area contributed by atoms with Crippen LogP contribution in [0.4, 0.5) is 0 Å². The summed E-state index contributed by atoms with van der Waals surface area (Å²) in [7, 11) is 0. The van der Waals surface area contributed by atoms with E-state index in [1.165, 1.54) is 103 Å². The summed E-state index contributed by atoms with van der Waals surface area (Å²) >= 11 is 0. The molecule has 0 radical (unpaired) electrons. The molecule has 0 rings (SSSR count). The van der Waals surface area contributed by atoms with Crippen LogP contribution in [0.2, 0.25) is 0 Å². The van der Waals surface area contributed by atoms with Crippen LogP contribution in [-0.2, 0) is 28.6 Å². The van der Waals surface area contributed by atoms with Crippen LogP contribution in [0, 0.1) is 0 Å². The number of ether oxygens (including phenoxy) is 3. The van der Waals surface area contributed by atoms with E-state index in [1.807, 2.05) is 0 Å². The summed E-state index contributed by atoms with van der Waals surface area (Å²) in [5.41, 5.74) is 0. The van der Waals surface area contributed by atoms with Crippen molar-refractivity contribution in [1.29, 1.82) is 0 Å². The van der Waals surface area contributed by atoms with Crippen molar-refractivity contribution >= 4 is 17.9 Å². The van der Waals surface area contributed by atoms with Crippen molar-refractivity contribution in [2.45, 2.75) is 245 Å². The largest absolute Gasteiger partial charge is 0.462 e. The summed E-state index contributed by atoms with van der Waals surface area (Å²) in [6.07, 6.45) is 65.7. The van der Waals surface area contributed by atoms with Gasteiger partial charge in [-0.1, -0.05) is 196 Å². The molecule has 0 heterocycles. The number of hydrogen-bond acceptors (Lipinski definition) is 6. The lowest BCUT2D eigenvalue weighted by molar-refractivity contribution is -0.167. The zero-order valence-corrected chi connectivity index (χ0v) is 41.1. The topological polar surface area (TPSA) is 78.9 Å². The van der Waals surface area contributed by atoms with Crippen LogP contribution in [0.15, 0.2) is 85.1 Å².